The molecule has 1 aromatic rings. The largest absolute Gasteiger partial charge is 0.115 e. The average molecular weight is 157 g/mol. The fourth-order valence-corrected chi connectivity index (χ4v) is 1.21. The Morgan fingerprint density at radius 2 is 2.08 bits per heavy atom. The molecule has 12 heavy (non-hydrogen) atoms. The van der Waals surface area contributed by atoms with Crippen LogP contribution in [-0.2, 0) is 12.8 Å². The van der Waals surface area contributed by atoms with Gasteiger partial charge in [-0.3, -0.25) is 0 Å². The zero-order valence-electron chi connectivity index (χ0n) is 7.65. The maximum Gasteiger partial charge on any atom is 0.0280 e. The zero-order valence-corrected chi connectivity index (χ0v) is 7.65. The van der Waals surface area contributed by atoms with E-state index in [1.807, 2.05) is 12.1 Å². The van der Waals surface area contributed by atoms with Crippen molar-refractivity contribution in [2.45, 2.75) is 26.7 Å². The summed E-state index contributed by atoms with van der Waals surface area (Å²) < 4.78 is 0. The Hall–Kier alpha value is -1.22. The molecule has 0 amide bonds. The molecule has 0 saturated carbocycles. The molecule has 0 fully saturated rings. The van der Waals surface area contributed by atoms with E-state index in [9.17, 15) is 0 Å². The fourth-order valence-electron chi connectivity index (χ4n) is 1.21. The van der Waals surface area contributed by atoms with Crippen LogP contribution in [0.1, 0.15) is 30.5 Å². The second-order valence-corrected chi connectivity index (χ2v) is 2.73. The molecule has 61 valence electrons. The standard InChI is InChI=1S/C12H13/c1-4-10-7-8-11(5-2)12(6-3)9-10/h2,7-8H,4,6H2,1,3H3. The maximum atomic E-state index is 5.35. The van der Waals surface area contributed by atoms with Crippen molar-refractivity contribution in [3.05, 3.63) is 34.9 Å². The fraction of sp³-hybridized carbons (Fsp3) is 0.333. The Balaban J connectivity index is 3.13. The summed E-state index contributed by atoms with van der Waals surface area (Å²) in [5.41, 5.74) is 3.39. The van der Waals surface area contributed by atoms with E-state index in [4.69, 9.17) is 6.42 Å². The molecule has 0 aliphatic carbocycles. The van der Waals surface area contributed by atoms with Gasteiger partial charge in [0.2, 0.25) is 0 Å². The smallest absolute Gasteiger partial charge is 0.0280 e. The first-order valence-corrected chi connectivity index (χ1v) is 4.32. The van der Waals surface area contributed by atoms with Crippen molar-refractivity contribution in [1.82, 2.24) is 0 Å². The molecule has 0 N–H and O–H groups in total. The van der Waals surface area contributed by atoms with E-state index in [1.165, 1.54) is 5.56 Å². The molecule has 0 heteroatoms. The highest BCUT2D eigenvalue weighted by atomic mass is 14.0. The van der Waals surface area contributed by atoms with E-state index < -0.39 is 0 Å². The Kier molecular flexibility index (Phi) is 2.94. The second kappa shape index (κ2) is 3.97. The van der Waals surface area contributed by atoms with Crippen molar-refractivity contribution < 1.29 is 0 Å². The Morgan fingerprint density at radius 1 is 1.33 bits per heavy atom. The number of rotatable bonds is 2. The van der Waals surface area contributed by atoms with Gasteiger partial charge in [-0.15, -0.1) is 6.42 Å². The lowest BCUT2D eigenvalue weighted by Crippen LogP contribution is -1.90. The van der Waals surface area contributed by atoms with Gasteiger partial charge in [-0.05, 0) is 36.1 Å². The minimum atomic E-state index is 0.966. The van der Waals surface area contributed by atoms with Gasteiger partial charge >= 0.3 is 0 Å². The minimum Gasteiger partial charge on any atom is -0.115 e. The Bertz CT molecular complexity index is 302. The summed E-state index contributed by atoms with van der Waals surface area (Å²) in [6, 6.07) is 7.38. The van der Waals surface area contributed by atoms with Crippen LogP contribution >= 0.6 is 0 Å². The number of hydrogen-bond acceptors (Lipinski definition) is 0. The summed E-state index contributed by atoms with van der Waals surface area (Å²) in [6.07, 6.45) is 7.34. The van der Waals surface area contributed by atoms with Gasteiger partial charge in [-0.1, -0.05) is 25.8 Å². The molecule has 0 aliphatic rings. The van der Waals surface area contributed by atoms with Crippen LogP contribution in [0.2, 0.25) is 0 Å². The van der Waals surface area contributed by atoms with Crippen LogP contribution < -0.4 is 0 Å². The molecular formula is C12H13. The molecule has 0 bridgehead atoms. The summed E-state index contributed by atoms with van der Waals surface area (Å²) in [7, 11) is 0. The summed E-state index contributed by atoms with van der Waals surface area (Å²) in [4.78, 5) is 0. The van der Waals surface area contributed by atoms with E-state index in [2.05, 4.69) is 25.8 Å². The van der Waals surface area contributed by atoms with Gasteiger partial charge in [0.05, 0.1) is 0 Å². The maximum absolute atomic E-state index is 5.35. The molecule has 0 heterocycles. The molecule has 0 saturated heterocycles. The lowest BCUT2D eigenvalue weighted by atomic mass is 10.0. The zero-order chi connectivity index (χ0) is 8.97. The average Bonchev–Trinajstić information content (AvgIpc) is 2.16. The molecule has 0 aliphatic heterocycles. The highest BCUT2D eigenvalue weighted by Crippen LogP contribution is 2.11. The number of benzene rings is 1. The molecule has 1 radical (unpaired) electrons. The molecule has 1 rings (SSSR count). The van der Waals surface area contributed by atoms with Crippen LogP contribution in [0.4, 0.5) is 0 Å². The van der Waals surface area contributed by atoms with Crippen LogP contribution in [0.25, 0.3) is 0 Å². The van der Waals surface area contributed by atoms with Gasteiger partial charge in [0, 0.05) is 5.56 Å². The van der Waals surface area contributed by atoms with Gasteiger partial charge in [0.1, 0.15) is 0 Å². The van der Waals surface area contributed by atoms with Crippen LogP contribution in [0.5, 0.6) is 0 Å². The van der Waals surface area contributed by atoms with Crippen LogP contribution in [-0.4, -0.2) is 0 Å². The van der Waals surface area contributed by atoms with Gasteiger partial charge in [0.25, 0.3) is 0 Å². The molecule has 1 aromatic carbocycles. The van der Waals surface area contributed by atoms with E-state index in [1.54, 1.807) is 0 Å². The third kappa shape index (κ3) is 1.68. The van der Waals surface area contributed by atoms with Crippen molar-refractivity contribution in [2.24, 2.45) is 0 Å². The summed E-state index contributed by atoms with van der Waals surface area (Å²) in [6.45, 7) is 4.23. The SMILES string of the molecule is C#Cc1ccc(CC)[c]c1CC. The first-order chi connectivity index (χ1) is 5.81. The van der Waals surface area contributed by atoms with Crippen LogP contribution in [0.3, 0.4) is 0 Å². The quantitative estimate of drug-likeness (QED) is 0.579. The monoisotopic (exact) mass is 157 g/mol. The van der Waals surface area contributed by atoms with Gasteiger partial charge in [0.15, 0.2) is 0 Å². The highest BCUT2D eigenvalue weighted by molar-refractivity contribution is 5.41. The third-order valence-corrected chi connectivity index (χ3v) is 1.98. The minimum absolute atomic E-state index is 0.966. The normalized spacial score (nSPS) is 9.42. The van der Waals surface area contributed by atoms with Gasteiger partial charge in [-0.2, -0.15) is 0 Å². The summed E-state index contributed by atoms with van der Waals surface area (Å²) in [5.74, 6) is 2.67. The van der Waals surface area contributed by atoms with E-state index in [-0.39, 0.29) is 0 Å². The first-order valence-electron chi connectivity index (χ1n) is 4.32. The summed E-state index contributed by atoms with van der Waals surface area (Å²) in [5, 5.41) is 0. The van der Waals surface area contributed by atoms with Crippen molar-refractivity contribution in [3.63, 3.8) is 0 Å². The van der Waals surface area contributed by atoms with E-state index >= 15 is 0 Å². The molecule has 0 atom stereocenters. The number of terminal acetylenes is 1. The lowest BCUT2D eigenvalue weighted by Gasteiger charge is -2.02. The number of hydrogen-bond donors (Lipinski definition) is 0. The van der Waals surface area contributed by atoms with Crippen molar-refractivity contribution >= 4 is 0 Å². The van der Waals surface area contributed by atoms with Crippen molar-refractivity contribution in [3.8, 4) is 12.3 Å². The van der Waals surface area contributed by atoms with Crippen LogP contribution in [0, 0.1) is 18.4 Å². The van der Waals surface area contributed by atoms with E-state index in [0.717, 1.165) is 24.0 Å². The predicted octanol–water partition coefficient (Wildman–Crippen LogP) is 2.59. The predicted molar refractivity (Wildman–Crippen MR) is 52.0 cm³/mol. The van der Waals surface area contributed by atoms with Crippen molar-refractivity contribution in [1.29, 1.82) is 0 Å². The third-order valence-electron chi connectivity index (χ3n) is 1.98. The molecule has 0 unspecified atom stereocenters. The highest BCUT2D eigenvalue weighted by Gasteiger charge is 1.98. The summed E-state index contributed by atoms with van der Waals surface area (Å²) >= 11 is 0. The van der Waals surface area contributed by atoms with Crippen LogP contribution in [0.15, 0.2) is 12.1 Å². The Morgan fingerprint density at radius 3 is 2.58 bits per heavy atom. The first kappa shape index (κ1) is 8.87. The molecule has 0 nitrogen and oxygen atoms in total. The molecule has 0 aromatic heterocycles. The topological polar surface area (TPSA) is 0 Å². The molecule has 0 spiro atoms. The lowest BCUT2D eigenvalue weighted by molar-refractivity contribution is 1.07. The Labute approximate surface area is 74.6 Å². The number of aryl methyl sites for hydroxylation is 2. The second-order valence-electron chi connectivity index (χ2n) is 2.73. The molecular weight excluding hydrogens is 144 g/mol. The van der Waals surface area contributed by atoms with E-state index in [0.29, 0.717) is 0 Å². The van der Waals surface area contributed by atoms with Gasteiger partial charge < -0.3 is 0 Å². The van der Waals surface area contributed by atoms with Crippen molar-refractivity contribution in [2.75, 3.05) is 0 Å². The van der Waals surface area contributed by atoms with Gasteiger partial charge in [-0.25, -0.2) is 0 Å².